The van der Waals surface area contributed by atoms with Gasteiger partial charge in [-0.3, -0.25) is 0 Å². The second-order valence-corrected chi connectivity index (χ2v) is 3.99. The van der Waals surface area contributed by atoms with Crippen LogP contribution >= 0.6 is 0 Å². The molecule has 0 unspecified atom stereocenters. The number of benzene rings is 1. The Balaban J connectivity index is 2.92. The third kappa shape index (κ3) is 4.11. The molecule has 14 heavy (non-hydrogen) atoms. The molecule has 0 aliphatic heterocycles. The lowest BCUT2D eigenvalue weighted by Gasteiger charge is -2.00. The zero-order valence-corrected chi connectivity index (χ0v) is 9.17. The van der Waals surface area contributed by atoms with Crippen LogP contribution in [0.15, 0.2) is 41.6 Å². The highest BCUT2D eigenvalue weighted by Gasteiger charge is 1.93. The van der Waals surface area contributed by atoms with Gasteiger partial charge in [-0.05, 0) is 36.5 Å². The highest BCUT2D eigenvalue weighted by atomic mass is 14.0. The number of rotatable bonds is 3. The van der Waals surface area contributed by atoms with Crippen molar-refractivity contribution in [1.82, 2.24) is 0 Å². The highest BCUT2D eigenvalue weighted by Crippen LogP contribution is 2.09. The number of allylic oxidation sites excluding steroid dienone is 1. The lowest BCUT2D eigenvalue weighted by molar-refractivity contribution is 0.643. The summed E-state index contributed by atoms with van der Waals surface area (Å²) in [6.45, 7) is 6.39. The molecule has 1 aromatic carbocycles. The predicted molar refractivity (Wildman–Crippen MR) is 63.1 cm³/mol. The molecule has 0 heteroatoms. The van der Waals surface area contributed by atoms with Gasteiger partial charge in [-0.25, -0.2) is 0 Å². The lowest BCUT2D eigenvalue weighted by atomic mass is 10.1. The average Bonchev–Trinajstić information content (AvgIpc) is 2.17. The first-order valence-corrected chi connectivity index (χ1v) is 5.08. The van der Waals surface area contributed by atoms with Crippen LogP contribution in [0.25, 0.3) is 6.05 Å². The summed E-state index contributed by atoms with van der Waals surface area (Å²) < 4.78 is 7.87. The van der Waals surface area contributed by atoms with Crippen molar-refractivity contribution in [3.8, 4) is 0 Å². The third-order valence-corrected chi connectivity index (χ3v) is 1.91. The SMILES string of the molecule is [2H]C(=C=C(C)CC(C)C)c1ccccc1. The maximum absolute atomic E-state index is 7.87. The van der Waals surface area contributed by atoms with E-state index in [2.05, 4.69) is 19.6 Å². The molecule has 0 nitrogen and oxygen atoms in total. The molecule has 0 N–H and O–H groups in total. The van der Waals surface area contributed by atoms with Crippen LogP contribution in [0.3, 0.4) is 0 Å². The van der Waals surface area contributed by atoms with Gasteiger partial charge in [-0.1, -0.05) is 44.2 Å². The van der Waals surface area contributed by atoms with Gasteiger partial charge in [0.1, 0.15) is 0 Å². The molecule has 0 amide bonds. The van der Waals surface area contributed by atoms with Crippen molar-refractivity contribution >= 4 is 6.05 Å². The molecule has 0 aliphatic carbocycles. The maximum Gasteiger partial charge on any atom is 0.0720 e. The van der Waals surface area contributed by atoms with E-state index in [4.69, 9.17) is 1.37 Å². The molecule has 0 fully saturated rings. The van der Waals surface area contributed by atoms with E-state index in [-0.39, 0.29) is 0 Å². The first-order chi connectivity index (χ1) is 7.09. The van der Waals surface area contributed by atoms with Crippen molar-refractivity contribution in [3.05, 3.63) is 47.2 Å². The standard InChI is InChI=1S/C14H18/c1-12(2)11-13(3)9-10-14-7-5-4-6-8-14/h4-8,10,12H,11H2,1-3H3/i10D. The first-order valence-electron chi connectivity index (χ1n) is 5.58. The minimum atomic E-state index is 0.480. The maximum atomic E-state index is 7.87. The van der Waals surface area contributed by atoms with Gasteiger partial charge in [0, 0.05) is 0 Å². The van der Waals surface area contributed by atoms with E-state index in [9.17, 15) is 0 Å². The fourth-order valence-corrected chi connectivity index (χ4v) is 1.36. The number of hydrogen-bond acceptors (Lipinski definition) is 0. The van der Waals surface area contributed by atoms with Crippen LogP contribution < -0.4 is 0 Å². The van der Waals surface area contributed by atoms with Crippen LogP contribution in [-0.4, -0.2) is 0 Å². The third-order valence-electron chi connectivity index (χ3n) is 1.91. The zero-order valence-electron chi connectivity index (χ0n) is 10.2. The van der Waals surface area contributed by atoms with Gasteiger partial charge >= 0.3 is 0 Å². The quantitative estimate of drug-likeness (QED) is 0.619. The van der Waals surface area contributed by atoms with Crippen LogP contribution in [0, 0.1) is 5.92 Å². The minimum absolute atomic E-state index is 0.480. The van der Waals surface area contributed by atoms with E-state index in [1.165, 1.54) is 0 Å². The summed E-state index contributed by atoms with van der Waals surface area (Å²) >= 11 is 0. The molecule has 0 heterocycles. The Morgan fingerprint density at radius 3 is 2.64 bits per heavy atom. The zero-order chi connectivity index (χ0) is 11.3. The van der Waals surface area contributed by atoms with E-state index in [0.29, 0.717) is 12.0 Å². The summed E-state index contributed by atoms with van der Waals surface area (Å²) in [5, 5.41) is 0. The van der Waals surface area contributed by atoms with Crippen LogP contribution in [0.2, 0.25) is 0 Å². The Bertz CT molecular complexity index is 368. The van der Waals surface area contributed by atoms with Gasteiger partial charge in [-0.2, -0.15) is 0 Å². The molecule has 0 aliphatic rings. The average molecular weight is 187 g/mol. The topological polar surface area (TPSA) is 0 Å². The van der Waals surface area contributed by atoms with Crippen molar-refractivity contribution < 1.29 is 1.37 Å². The smallest absolute Gasteiger partial charge is 0.0720 e. The summed E-state index contributed by atoms with van der Waals surface area (Å²) in [7, 11) is 0. The molecule has 1 aromatic rings. The largest absolute Gasteiger partial charge is 0.121 e. The van der Waals surface area contributed by atoms with Gasteiger partial charge in [-0.15, -0.1) is 5.73 Å². The summed E-state index contributed by atoms with van der Waals surface area (Å²) in [5.41, 5.74) is 5.21. The second kappa shape index (κ2) is 5.47. The molecular formula is C14H18. The molecule has 0 spiro atoms. The molecule has 0 atom stereocenters. The van der Waals surface area contributed by atoms with E-state index in [1.807, 2.05) is 37.3 Å². The van der Waals surface area contributed by atoms with Crippen LogP contribution in [0.5, 0.6) is 0 Å². The van der Waals surface area contributed by atoms with E-state index in [0.717, 1.165) is 17.6 Å². The van der Waals surface area contributed by atoms with E-state index in [1.54, 1.807) is 0 Å². The minimum Gasteiger partial charge on any atom is -0.121 e. The fourth-order valence-electron chi connectivity index (χ4n) is 1.36. The molecule has 0 saturated heterocycles. The first kappa shape index (κ1) is 9.30. The van der Waals surface area contributed by atoms with Gasteiger partial charge in [0.2, 0.25) is 0 Å². The molecule has 0 radical (unpaired) electrons. The van der Waals surface area contributed by atoms with Crippen molar-refractivity contribution in [2.24, 2.45) is 5.92 Å². The fraction of sp³-hybridized carbons (Fsp3) is 0.357. The summed E-state index contributed by atoms with van der Waals surface area (Å²) in [6.07, 6.45) is 1.01. The van der Waals surface area contributed by atoms with Crippen LogP contribution in [0.1, 0.15) is 34.1 Å². The number of hydrogen-bond donors (Lipinski definition) is 0. The van der Waals surface area contributed by atoms with Gasteiger partial charge in [0.05, 0.1) is 1.37 Å². The molecule has 74 valence electrons. The lowest BCUT2D eigenvalue weighted by Crippen LogP contribution is -1.86. The van der Waals surface area contributed by atoms with Gasteiger partial charge < -0.3 is 0 Å². The highest BCUT2D eigenvalue weighted by molar-refractivity contribution is 5.48. The predicted octanol–water partition coefficient (Wildman–Crippen LogP) is 4.29. The Labute approximate surface area is 88.4 Å². The monoisotopic (exact) mass is 187 g/mol. The second-order valence-electron chi connectivity index (χ2n) is 3.99. The molecule has 1 rings (SSSR count). The molecular weight excluding hydrogens is 168 g/mol. The molecule has 0 saturated carbocycles. The van der Waals surface area contributed by atoms with Gasteiger partial charge in [0.15, 0.2) is 0 Å². The Morgan fingerprint density at radius 1 is 1.43 bits per heavy atom. The normalized spacial score (nSPS) is 10.7. The van der Waals surface area contributed by atoms with E-state index >= 15 is 0 Å². The van der Waals surface area contributed by atoms with Crippen molar-refractivity contribution in [2.45, 2.75) is 27.2 Å². The molecule has 0 aromatic heterocycles. The van der Waals surface area contributed by atoms with Crippen LogP contribution in [0.4, 0.5) is 0 Å². The van der Waals surface area contributed by atoms with Crippen molar-refractivity contribution in [1.29, 1.82) is 0 Å². The molecule has 0 bridgehead atoms. The Morgan fingerprint density at radius 2 is 2.07 bits per heavy atom. The Hall–Kier alpha value is -1.26. The summed E-state index contributed by atoms with van der Waals surface area (Å²) in [5.74, 6) is 0.626. The van der Waals surface area contributed by atoms with Crippen molar-refractivity contribution in [3.63, 3.8) is 0 Å². The van der Waals surface area contributed by atoms with Gasteiger partial charge in [0.25, 0.3) is 0 Å². The van der Waals surface area contributed by atoms with Crippen LogP contribution in [-0.2, 0) is 0 Å². The van der Waals surface area contributed by atoms with E-state index < -0.39 is 0 Å². The Kier molecular flexibility index (Phi) is 3.63. The van der Waals surface area contributed by atoms with Crippen molar-refractivity contribution in [2.75, 3.05) is 0 Å². The summed E-state index contributed by atoms with van der Waals surface area (Å²) in [4.78, 5) is 0. The summed E-state index contributed by atoms with van der Waals surface area (Å²) in [6, 6.07) is 10.2.